The summed E-state index contributed by atoms with van der Waals surface area (Å²) in [5.74, 6) is 2.40. The first-order valence-corrected chi connectivity index (χ1v) is 7.53. The molecule has 0 radical (unpaired) electrons. The molecule has 0 aliphatic carbocycles. The van der Waals surface area contributed by atoms with Gasteiger partial charge in [-0.15, -0.1) is 0 Å². The molecule has 1 aliphatic rings. The van der Waals surface area contributed by atoms with Gasteiger partial charge in [0.2, 0.25) is 0 Å². The van der Waals surface area contributed by atoms with Crippen molar-refractivity contribution in [2.75, 3.05) is 13.2 Å². The van der Waals surface area contributed by atoms with Crippen LogP contribution in [-0.2, 0) is 5.60 Å². The maximum atomic E-state index is 11.1. The third-order valence-corrected chi connectivity index (χ3v) is 3.57. The summed E-state index contributed by atoms with van der Waals surface area (Å²) in [5, 5.41) is 11.1. The fraction of sp³-hybridized carbons (Fsp3) is 0.647. The third-order valence-electron chi connectivity index (χ3n) is 3.57. The summed E-state index contributed by atoms with van der Waals surface area (Å²) < 4.78 is 11.2. The SMILES string of the molecule is CC(C)CC(O)(CC(C)C)c1ccc2c(c1)OCCO2. The average Bonchev–Trinajstić information content (AvgIpc) is 2.36. The minimum absolute atomic E-state index is 0.437. The molecule has 0 saturated carbocycles. The highest BCUT2D eigenvalue weighted by Gasteiger charge is 2.32. The second-order valence-electron chi connectivity index (χ2n) is 6.59. The Morgan fingerprint density at radius 3 is 2.10 bits per heavy atom. The van der Waals surface area contributed by atoms with Crippen molar-refractivity contribution in [1.82, 2.24) is 0 Å². The molecule has 3 heteroatoms. The number of rotatable bonds is 5. The zero-order chi connectivity index (χ0) is 14.8. The van der Waals surface area contributed by atoms with E-state index in [1.165, 1.54) is 0 Å². The lowest BCUT2D eigenvalue weighted by Gasteiger charge is -2.33. The van der Waals surface area contributed by atoms with Crippen molar-refractivity contribution < 1.29 is 14.6 Å². The normalized spacial score (nSPS) is 14.9. The standard InChI is InChI=1S/C17H26O3/c1-12(2)10-17(18,11-13(3)4)14-5-6-15-16(9-14)20-8-7-19-15/h5-6,9,12-13,18H,7-8,10-11H2,1-4H3. The van der Waals surface area contributed by atoms with Gasteiger partial charge in [-0.3, -0.25) is 0 Å². The van der Waals surface area contributed by atoms with Crippen LogP contribution in [-0.4, -0.2) is 18.3 Å². The number of fused-ring (bicyclic) bond motifs is 1. The molecule has 112 valence electrons. The van der Waals surface area contributed by atoms with Gasteiger partial charge in [0.1, 0.15) is 13.2 Å². The fourth-order valence-corrected chi connectivity index (χ4v) is 3.00. The average molecular weight is 278 g/mol. The lowest BCUT2D eigenvalue weighted by Crippen LogP contribution is -2.30. The molecule has 0 spiro atoms. The topological polar surface area (TPSA) is 38.7 Å². The van der Waals surface area contributed by atoms with Gasteiger partial charge in [0.25, 0.3) is 0 Å². The van der Waals surface area contributed by atoms with E-state index in [4.69, 9.17) is 9.47 Å². The number of hydrogen-bond acceptors (Lipinski definition) is 3. The number of aliphatic hydroxyl groups is 1. The Balaban J connectivity index is 2.32. The van der Waals surface area contributed by atoms with Crippen LogP contribution in [0.4, 0.5) is 0 Å². The first-order chi connectivity index (χ1) is 9.40. The van der Waals surface area contributed by atoms with E-state index in [0.29, 0.717) is 25.0 Å². The van der Waals surface area contributed by atoms with Crippen LogP contribution >= 0.6 is 0 Å². The van der Waals surface area contributed by atoms with Crippen LogP contribution in [0.1, 0.15) is 46.1 Å². The molecule has 1 heterocycles. The number of ether oxygens (including phenoxy) is 2. The molecule has 1 aromatic rings. The molecule has 3 nitrogen and oxygen atoms in total. The fourth-order valence-electron chi connectivity index (χ4n) is 3.00. The van der Waals surface area contributed by atoms with Crippen molar-refractivity contribution in [3.05, 3.63) is 23.8 Å². The zero-order valence-electron chi connectivity index (χ0n) is 13.0. The van der Waals surface area contributed by atoms with Gasteiger partial charge in [0.05, 0.1) is 5.60 Å². The minimum Gasteiger partial charge on any atom is -0.486 e. The second kappa shape index (κ2) is 6.04. The molecule has 0 fully saturated rings. The summed E-state index contributed by atoms with van der Waals surface area (Å²) in [6.07, 6.45) is 1.51. The van der Waals surface area contributed by atoms with Gasteiger partial charge in [0, 0.05) is 0 Å². The lowest BCUT2D eigenvalue weighted by molar-refractivity contribution is -0.00489. The molecule has 1 aliphatic heterocycles. The zero-order valence-corrected chi connectivity index (χ0v) is 13.0. The molecular formula is C17H26O3. The van der Waals surface area contributed by atoms with E-state index in [-0.39, 0.29) is 0 Å². The molecule has 0 saturated heterocycles. The third kappa shape index (κ3) is 3.45. The highest BCUT2D eigenvalue weighted by atomic mass is 16.6. The minimum atomic E-state index is -0.793. The Bertz CT molecular complexity index is 442. The van der Waals surface area contributed by atoms with Gasteiger partial charge >= 0.3 is 0 Å². The van der Waals surface area contributed by atoms with E-state index in [2.05, 4.69) is 27.7 Å². The van der Waals surface area contributed by atoms with Crippen LogP contribution in [0.2, 0.25) is 0 Å². The summed E-state index contributed by atoms with van der Waals surface area (Å²) in [6.45, 7) is 9.73. The lowest BCUT2D eigenvalue weighted by atomic mass is 9.79. The van der Waals surface area contributed by atoms with Crippen LogP contribution in [0.15, 0.2) is 18.2 Å². The van der Waals surface area contributed by atoms with Crippen molar-refractivity contribution in [2.45, 2.75) is 46.1 Å². The van der Waals surface area contributed by atoms with E-state index >= 15 is 0 Å². The van der Waals surface area contributed by atoms with Gasteiger partial charge in [-0.05, 0) is 42.4 Å². The molecule has 2 rings (SSSR count). The van der Waals surface area contributed by atoms with Crippen LogP contribution < -0.4 is 9.47 Å². The van der Waals surface area contributed by atoms with Crippen LogP contribution in [0.25, 0.3) is 0 Å². The molecule has 1 aromatic carbocycles. The van der Waals surface area contributed by atoms with Crippen LogP contribution in [0.3, 0.4) is 0 Å². The van der Waals surface area contributed by atoms with Crippen molar-refractivity contribution in [2.24, 2.45) is 11.8 Å². The monoisotopic (exact) mass is 278 g/mol. The largest absolute Gasteiger partial charge is 0.486 e. The Hall–Kier alpha value is -1.22. The van der Waals surface area contributed by atoms with E-state index in [9.17, 15) is 5.11 Å². The number of hydrogen-bond donors (Lipinski definition) is 1. The van der Waals surface area contributed by atoms with Gasteiger partial charge in [-0.2, -0.15) is 0 Å². The molecule has 20 heavy (non-hydrogen) atoms. The second-order valence-corrected chi connectivity index (χ2v) is 6.59. The van der Waals surface area contributed by atoms with Crippen molar-refractivity contribution in [3.63, 3.8) is 0 Å². The van der Waals surface area contributed by atoms with Gasteiger partial charge < -0.3 is 14.6 Å². The quantitative estimate of drug-likeness (QED) is 0.891. The van der Waals surface area contributed by atoms with E-state index in [1.807, 2.05) is 18.2 Å². The van der Waals surface area contributed by atoms with Crippen molar-refractivity contribution in [1.29, 1.82) is 0 Å². The van der Waals surface area contributed by atoms with Gasteiger partial charge in [0.15, 0.2) is 11.5 Å². The molecule has 0 amide bonds. The van der Waals surface area contributed by atoms with Crippen molar-refractivity contribution in [3.8, 4) is 11.5 Å². The Kier molecular flexibility index (Phi) is 4.59. The van der Waals surface area contributed by atoms with E-state index in [1.54, 1.807) is 0 Å². The van der Waals surface area contributed by atoms with Crippen LogP contribution in [0.5, 0.6) is 11.5 Å². The molecule has 0 aromatic heterocycles. The van der Waals surface area contributed by atoms with E-state index < -0.39 is 5.60 Å². The Morgan fingerprint density at radius 1 is 1.00 bits per heavy atom. The molecule has 0 bridgehead atoms. The molecule has 0 atom stereocenters. The first-order valence-electron chi connectivity index (χ1n) is 7.53. The molecule has 1 N–H and O–H groups in total. The Morgan fingerprint density at radius 2 is 1.55 bits per heavy atom. The smallest absolute Gasteiger partial charge is 0.161 e. The number of benzene rings is 1. The van der Waals surface area contributed by atoms with E-state index in [0.717, 1.165) is 29.9 Å². The highest BCUT2D eigenvalue weighted by molar-refractivity contribution is 5.45. The summed E-state index contributed by atoms with van der Waals surface area (Å²) >= 11 is 0. The maximum Gasteiger partial charge on any atom is 0.161 e. The van der Waals surface area contributed by atoms with Crippen LogP contribution in [0, 0.1) is 11.8 Å². The first kappa shape index (κ1) is 15.2. The Labute approximate surface area is 121 Å². The summed E-state index contributed by atoms with van der Waals surface area (Å²) in [6, 6.07) is 5.83. The summed E-state index contributed by atoms with van der Waals surface area (Å²) in [4.78, 5) is 0. The summed E-state index contributed by atoms with van der Waals surface area (Å²) in [5.41, 5.74) is 0.141. The van der Waals surface area contributed by atoms with Gasteiger partial charge in [-0.1, -0.05) is 33.8 Å². The molecule has 0 unspecified atom stereocenters. The predicted molar refractivity (Wildman–Crippen MR) is 80.2 cm³/mol. The predicted octanol–water partition coefficient (Wildman–Crippen LogP) is 3.74. The molecular weight excluding hydrogens is 252 g/mol. The van der Waals surface area contributed by atoms with Crippen molar-refractivity contribution >= 4 is 0 Å². The summed E-state index contributed by atoms with van der Waals surface area (Å²) in [7, 11) is 0. The van der Waals surface area contributed by atoms with Gasteiger partial charge in [-0.25, -0.2) is 0 Å². The maximum absolute atomic E-state index is 11.1. The highest BCUT2D eigenvalue weighted by Crippen LogP contribution is 2.39.